The smallest absolute Gasteiger partial charge is 0.0406 e. The average molecular weight is 289 g/mol. The zero-order valence-corrected chi connectivity index (χ0v) is 12.8. The van der Waals surface area contributed by atoms with Gasteiger partial charge in [0.1, 0.15) is 0 Å². The Morgan fingerprint density at radius 2 is 1.95 bits per heavy atom. The van der Waals surface area contributed by atoms with E-state index in [1.54, 1.807) is 0 Å². The van der Waals surface area contributed by atoms with Crippen molar-refractivity contribution in [1.82, 2.24) is 10.3 Å². The first-order chi connectivity index (χ1) is 9.70. The fourth-order valence-electron chi connectivity index (χ4n) is 2.30. The fourth-order valence-corrected chi connectivity index (χ4v) is 2.43. The lowest BCUT2D eigenvalue weighted by atomic mass is 10.0. The van der Waals surface area contributed by atoms with Crippen molar-refractivity contribution in [3.05, 3.63) is 64.4 Å². The quantitative estimate of drug-likeness (QED) is 0.835. The summed E-state index contributed by atoms with van der Waals surface area (Å²) in [5.41, 5.74) is 3.82. The zero-order chi connectivity index (χ0) is 14.4. The summed E-state index contributed by atoms with van der Waals surface area (Å²) in [5.74, 6) is 0. The molecule has 2 rings (SSSR count). The third-order valence-corrected chi connectivity index (χ3v) is 3.78. The molecule has 106 valence electrons. The van der Waals surface area contributed by atoms with E-state index in [4.69, 9.17) is 11.6 Å². The largest absolute Gasteiger partial charge is 0.306 e. The first kappa shape index (κ1) is 15.0. The molecule has 0 radical (unpaired) electrons. The average Bonchev–Trinajstić information content (AvgIpc) is 2.46. The number of hydrogen-bond donors (Lipinski definition) is 1. The van der Waals surface area contributed by atoms with Crippen LogP contribution >= 0.6 is 11.6 Å². The van der Waals surface area contributed by atoms with Crippen LogP contribution in [0.3, 0.4) is 0 Å². The Morgan fingerprint density at radius 1 is 1.20 bits per heavy atom. The number of nitrogens with one attached hydrogen (secondary N) is 1. The van der Waals surface area contributed by atoms with E-state index in [2.05, 4.69) is 42.3 Å². The van der Waals surface area contributed by atoms with Crippen LogP contribution in [0.4, 0.5) is 0 Å². The number of benzene rings is 1. The summed E-state index contributed by atoms with van der Waals surface area (Å²) in [6.45, 7) is 5.17. The van der Waals surface area contributed by atoms with E-state index in [0.717, 1.165) is 24.4 Å². The molecule has 1 aromatic heterocycles. The molecule has 2 aromatic rings. The Hall–Kier alpha value is -1.38. The molecule has 1 unspecified atom stereocenters. The van der Waals surface area contributed by atoms with Crippen molar-refractivity contribution in [1.29, 1.82) is 0 Å². The van der Waals surface area contributed by atoms with Gasteiger partial charge in [0.2, 0.25) is 0 Å². The predicted molar refractivity (Wildman–Crippen MR) is 84.9 cm³/mol. The molecule has 1 heterocycles. The maximum atomic E-state index is 5.96. The van der Waals surface area contributed by atoms with Crippen LogP contribution in [-0.2, 0) is 6.54 Å². The van der Waals surface area contributed by atoms with Crippen molar-refractivity contribution in [3.8, 4) is 0 Å². The molecule has 0 fully saturated rings. The van der Waals surface area contributed by atoms with Crippen molar-refractivity contribution in [3.63, 3.8) is 0 Å². The van der Waals surface area contributed by atoms with E-state index in [1.165, 1.54) is 16.7 Å². The van der Waals surface area contributed by atoms with Gasteiger partial charge in [0, 0.05) is 30.0 Å². The van der Waals surface area contributed by atoms with Gasteiger partial charge >= 0.3 is 0 Å². The molecule has 3 heteroatoms. The van der Waals surface area contributed by atoms with Crippen LogP contribution in [0.2, 0.25) is 5.02 Å². The van der Waals surface area contributed by atoms with Crippen LogP contribution in [-0.4, -0.2) is 4.98 Å². The monoisotopic (exact) mass is 288 g/mol. The molecule has 0 bridgehead atoms. The molecule has 0 aliphatic rings. The minimum Gasteiger partial charge on any atom is -0.306 e. The van der Waals surface area contributed by atoms with Gasteiger partial charge in [-0.3, -0.25) is 4.98 Å². The normalized spacial score (nSPS) is 12.3. The van der Waals surface area contributed by atoms with E-state index in [-0.39, 0.29) is 0 Å². The molecule has 0 saturated carbocycles. The van der Waals surface area contributed by atoms with Crippen molar-refractivity contribution in [2.45, 2.75) is 39.3 Å². The molecule has 0 aliphatic heterocycles. The number of aryl methyl sites for hydroxylation is 1. The lowest BCUT2D eigenvalue weighted by Gasteiger charge is -2.19. The number of nitrogens with zero attached hydrogens (tertiary/aromatic N) is 1. The summed E-state index contributed by atoms with van der Waals surface area (Å²) < 4.78 is 0. The molecule has 1 atom stereocenters. The molecule has 0 amide bonds. The summed E-state index contributed by atoms with van der Waals surface area (Å²) in [6, 6.07) is 10.6. The van der Waals surface area contributed by atoms with E-state index in [0.29, 0.717) is 6.04 Å². The van der Waals surface area contributed by atoms with E-state index < -0.39 is 0 Å². The highest BCUT2D eigenvalue weighted by molar-refractivity contribution is 6.30. The van der Waals surface area contributed by atoms with Gasteiger partial charge < -0.3 is 5.32 Å². The Bertz CT molecular complexity index is 537. The van der Waals surface area contributed by atoms with Gasteiger partial charge in [-0.25, -0.2) is 0 Å². The molecule has 1 N–H and O–H groups in total. The molecule has 1 aromatic carbocycles. The predicted octanol–water partition coefficient (Wildman–Crippen LogP) is 4.67. The number of pyridine rings is 1. The van der Waals surface area contributed by atoms with Gasteiger partial charge in [0.25, 0.3) is 0 Å². The molecule has 0 spiro atoms. The second-order valence-corrected chi connectivity index (χ2v) is 5.51. The van der Waals surface area contributed by atoms with Gasteiger partial charge in [-0.2, -0.15) is 0 Å². The molecule has 0 saturated heterocycles. The van der Waals surface area contributed by atoms with Crippen LogP contribution in [0.25, 0.3) is 0 Å². The van der Waals surface area contributed by atoms with Crippen molar-refractivity contribution in [2.24, 2.45) is 0 Å². The van der Waals surface area contributed by atoms with E-state index in [9.17, 15) is 0 Å². The zero-order valence-electron chi connectivity index (χ0n) is 12.1. The highest BCUT2D eigenvalue weighted by atomic mass is 35.5. The van der Waals surface area contributed by atoms with Crippen LogP contribution < -0.4 is 5.32 Å². The van der Waals surface area contributed by atoms with Gasteiger partial charge in [-0.15, -0.1) is 0 Å². The van der Waals surface area contributed by atoms with E-state index in [1.807, 2.05) is 24.5 Å². The third-order valence-electron chi connectivity index (χ3n) is 3.53. The number of aromatic nitrogens is 1. The summed E-state index contributed by atoms with van der Waals surface area (Å²) >= 11 is 5.96. The Morgan fingerprint density at radius 3 is 2.60 bits per heavy atom. The lowest BCUT2D eigenvalue weighted by molar-refractivity contribution is 0.493. The van der Waals surface area contributed by atoms with Gasteiger partial charge in [-0.1, -0.05) is 37.1 Å². The molecule has 2 nitrogen and oxygen atoms in total. The topological polar surface area (TPSA) is 24.9 Å². The number of rotatable bonds is 6. The van der Waals surface area contributed by atoms with Crippen molar-refractivity contribution >= 4 is 11.6 Å². The Balaban J connectivity index is 2.06. The molecule has 20 heavy (non-hydrogen) atoms. The van der Waals surface area contributed by atoms with Crippen LogP contribution in [0.1, 0.15) is 42.5 Å². The van der Waals surface area contributed by atoms with Crippen LogP contribution in [0.15, 0.2) is 42.7 Å². The third kappa shape index (κ3) is 4.06. The highest BCUT2D eigenvalue weighted by Crippen LogP contribution is 2.21. The van der Waals surface area contributed by atoms with Crippen LogP contribution in [0, 0.1) is 6.92 Å². The fraction of sp³-hybridized carbons (Fsp3) is 0.353. The Labute approximate surface area is 126 Å². The van der Waals surface area contributed by atoms with Gasteiger partial charge in [0.05, 0.1) is 0 Å². The number of hydrogen-bond acceptors (Lipinski definition) is 2. The van der Waals surface area contributed by atoms with Gasteiger partial charge in [-0.05, 0) is 48.2 Å². The molecular formula is C17H21ClN2. The van der Waals surface area contributed by atoms with Gasteiger partial charge in [0.15, 0.2) is 0 Å². The maximum Gasteiger partial charge on any atom is 0.0406 e. The summed E-state index contributed by atoms with van der Waals surface area (Å²) in [5, 5.41) is 4.43. The second-order valence-electron chi connectivity index (χ2n) is 5.08. The standard InChI is InChI=1S/C17H21ClN2/c1-3-4-17(14-5-7-16(18)8-6-14)20-12-15-9-10-19-11-13(15)2/h5-11,17,20H,3-4,12H2,1-2H3. The highest BCUT2D eigenvalue weighted by Gasteiger charge is 2.10. The Kier molecular flexibility index (Phi) is 5.57. The minimum atomic E-state index is 0.366. The first-order valence-corrected chi connectivity index (χ1v) is 7.47. The molecular weight excluding hydrogens is 268 g/mol. The summed E-state index contributed by atoms with van der Waals surface area (Å²) in [7, 11) is 0. The number of halogens is 1. The van der Waals surface area contributed by atoms with Crippen molar-refractivity contribution in [2.75, 3.05) is 0 Å². The van der Waals surface area contributed by atoms with Crippen LogP contribution in [0.5, 0.6) is 0 Å². The maximum absolute atomic E-state index is 5.96. The second kappa shape index (κ2) is 7.41. The summed E-state index contributed by atoms with van der Waals surface area (Å²) in [6.07, 6.45) is 6.02. The summed E-state index contributed by atoms with van der Waals surface area (Å²) in [4.78, 5) is 4.13. The lowest BCUT2D eigenvalue weighted by Crippen LogP contribution is -2.21. The molecule has 0 aliphatic carbocycles. The SMILES string of the molecule is CCCC(NCc1ccncc1C)c1ccc(Cl)cc1. The van der Waals surface area contributed by atoms with E-state index >= 15 is 0 Å². The van der Waals surface area contributed by atoms with Crippen molar-refractivity contribution < 1.29 is 0 Å². The first-order valence-electron chi connectivity index (χ1n) is 7.09. The minimum absolute atomic E-state index is 0.366.